The van der Waals surface area contributed by atoms with Crippen LogP contribution in [0.3, 0.4) is 0 Å². The van der Waals surface area contributed by atoms with Gasteiger partial charge in [-0.2, -0.15) is 5.10 Å². The lowest BCUT2D eigenvalue weighted by Crippen LogP contribution is -2.33. The average molecular weight is 286 g/mol. The Hall–Kier alpha value is -1.94. The Labute approximate surface area is 125 Å². The molecule has 0 fully saturated rings. The van der Waals surface area contributed by atoms with E-state index in [-0.39, 0.29) is 5.56 Å². The fourth-order valence-corrected chi connectivity index (χ4v) is 2.19. The zero-order valence-corrected chi connectivity index (χ0v) is 12.8. The Morgan fingerprint density at radius 3 is 2.48 bits per heavy atom. The molecule has 4 heteroatoms. The van der Waals surface area contributed by atoms with E-state index in [1.165, 1.54) is 4.68 Å². The normalized spacial score (nSPS) is 11.6. The summed E-state index contributed by atoms with van der Waals surface area (Å²) in [6.45, 7) is 5.90. The number of rotatable bonds is 5. The van der Waals surface area contributed by atoms with E-state index in [9.17, 15) is 9.90 Å². The molecule has 21 heavy (non-hydrogen) atoms. The standard InChI is InChI=1S/C17H22N2O2/c1-4-5-11-19-16(20)14(17(2,3)21)12-15(18-19)13-9-7-6-8-10-13/h6-10,12,21H,4-5,11H2,1-3H3. The lowest BCUT2D eigenvalue weighted by molar-refractivity contribution is 0.0761. The van der Waals surface area contributed by atoms with Gasteiger partial charge in [-0.05, 0) is 26.3 Å². The van der Waals surface area contributed by atoms with E-state index >= 15 is 0 Å². The second kappa shape index (κ2) is 6.22. The molecule has 0 atom stereocenters. The van der Waals surface area contributed by atoms with Crippen molar-refractivity contribution in [2.24, 2.45) is 0 Å². The fourth-order valence-electron chi connectivity index (χ4n) is 2.19. The molecule has 0 aliphatic carbocycles. The molecule has 2 aromatic rings. The fraction of sp³-hybridized carbons (Fsp3) is 0.412. The van der Waals surface area contributed by atoms with E-state index in [4.69, 9.17) is 0 Å². The molecule has 0 saturated carbocycles. The Morgan fingerprint density at radius 1 is 1.24 bits per heavy atom. The van der Waals surface area contributed by atoms with Crippen molar-refractivity contribution in [2.45, 2.75) is 45.8 Å². The van der Waals surface area contributed by atoms with Gasteiger partial charge >= 0.3 is 0 Å². The number of hydrogen-bond acceptors (Lipinski definition) is 3. The van der Waals surface area contributed by atoms with Gasteiger partial charge in [0.05, 0.1) is 16.9 Å². The van der Waals surface area contributed by atoms with Crippen molar-refractivity contribution in [3.8, 4) is 11.3 Å². The molecular weight excluding hydrogens is 264 g/mol. The number of benzene rings is 1. The summed E-state index contributed by atoms with van der Waals surface area (Å²) in [5.74, 6) is 0. The molecule has 0 aliphatic heterocycles. The van der Waals surface area contributed by atoms with Gasteiger partial charge in [0.25, 0.3) is 5.56 Å². The molecule has 1 heterocycles. The maximum absolute atomic E-state index is 12.4. The van der Waals surface area contributed by atoms with E-state index in [0.717, 1.165) is 18.4 Å². The third-order valence-electron chi connectivity index (χ3n) is 3.43. The van der Waals surface area contributed by atoms with E-state index in [2.05, 4.69) is 12.0 Å². The van der Waals surface area contributed by atoms with E-state index in [1.54, 1.807) is 19.9 Å². The number of aromatic nitrogens is 2. The van der Waals surface area contributed by atoms with E-state index in [0.29, 0.717) is 17.8 Å². The highest BCUT2D eigenvalue weighted by atomic mass is 16.3. The molecule has 0 aliphatic rings. The van der Waals surface area contributed by atoms with Gasteiger partial charge in [-0.15, -0.1) is 0 Å². The van der Waals surface area contributed by atoms with Crippen LogP contribution in [0.2, 0.25) is 0 Å². The second-order valence-corrected chi connectivity index (χ2v) is 5.75. The minimum Gasteiger partial charge on any atom is -0.386 e. The summed E-state index contributed by atoms with van der Waals surface area (Å²) >= 11 is 0. The zero-order chi connectivity index (χ0) is 15.5. The largest absolute Gasteiger partial charge is 0.386 e. The van der Waals surface area contributed by atoms with Crippen molar-refractivity contribution < 1.29 is 5.11 Å². The quantitative estimate of drug-likeness (QED) is 0.919. The Bertz CT molecular complexity index is 655. The summed E-state index contributed by atoms with van der Waals surface area (Å²) in [5.41, 5.74) is 0.636. The Balaban J connectivity index is 2.59. The average Bonchev–Trinajstić information content (AvgIpc) is 2.46. The maximum Gasteiger partial charge on any atom is 0.272 e. The molecule has 0 bridgehead atoms. The summed E-state index contributed by atoms with van der Waals surface area (Å²) in [7, 11) is 0. The lowest BCUT2D eigenvalue weighted by Gasteiger charge is -2.19. The molecular formula is C17H22N2O2. The van der Waals surface area contributed by atoms with Gasteiger partial charge in [-0.25, -0.2) is 4.68 Å². The molecule has 0 radical (unpaired) electrons. The minimum atomic E-state index is -1.18. The molecule has 1 aromatic heterocycles. The second-order valence-electron chi connectivity index (χ2n) is 5.75. The van der Waals surface area contributed by atoms with Crippen molar-refractivity contribution in [3.05, 3.63) is 52.3 Å². The highest BCUT2D eigenvalue weighted by molar-refractivity contribution is 5.59. The summed E-state index contributed by atoms with van der Waals surface area (Å²) in [4.78, 5) is 12.4. The maximum atomic E-state index is 12.4. The smallest absolute Gasteiger partial charge is 0.272 e. The van der Waals surface area contributed by atoms with Crippen LogP contribution in [0.4, 0.5) is 0 Å². The van der Waals surface area contributed by atoms with Gasteiger partial charge < -0.3 is 5.11 Å². The number of aryl methyl sites for hydroxylation is 1. The number of aliphatic hydroxyl groups is 1. The number of nitrogens with zero attached hydrogens (tertiary/aromatic N) is 2. The molecule has 0 unspecified atom stereocenters. The predicted octanol–water partition coefficient (Wildman–Crippen LogP) is 2.94. The van der Waals surface area contributed by atoms with Crippen LogP contribution in [0, 0.1) is 0 Å². The molecule has 0 amide bonds. The van der Waals surface area contributed by atoms with E-state index in [1.807, 2.05) is 30.3 Å². The molecule has 0 saturated heterocycles. The first-order valence-electron chi connectivity index (χ1n) is 7.34. The van der Waals surface area contributed by atoms with Crippen LogP contribution in [0.5, 0.6) is 0 Å². The first kappa shape index (κ1) is 15.4. The summed E-state index contributed by atoms with van der Waals surface area (Å²) < 4.78 is 1.47. The van der Waals surface area contributed by atoms with Crippen molar-refractivity contribution in [2.75, 3.05) is 0 Å². The monoisotopic (exact) mass is 286 g/mol. The van der Waals surface area contributed by atoms with Crippen LogP contribution in [-0.4, -0.2) is 14.9 Å². The molecule has 1 N–H and O–H groups in total. The van der Waals surface area contributed by atoms with Crippen molar-refractivity contribution in [3.63, 3.8) is 0 Å². The first-order chi connectivity index (χ1) is 9.93. The Morgan fingerprint density at radius 2 is 1.90 bits per heavy atom. The van der Waals surface area contributed by atoms with Gasteiger partial charge in [-0.3, -0.25) is 4.79 Å². The van der Waals surface area contributed by atoms with Gasteiger partial charge in [0.1, 0.15) is 0 Å². The van der Waals surface area contributed by atoms with Gasteiger partial charge in [0.2, 0.25) is 0 Å². The lowest BCUT2D eigenvalue weighted by atomic mass is 9.98. The summed E-state index contributed by atoms with van der Waals surface area (Å²) in [6, 6.07) is 11.4. The number of unbranched alkanes of at least 4 members (excludes halogenated alkanes) is 1. The summed E-state index contributed by atoms with van der Waals surface area (Å²) in [6.07, 6.45) is 1.87. The molecule has 2 rings (SSSR count). The third-order valence-corrected chi connectivity index (χ3v) is 3.43. The zero-order valence-electron chi connectivity index (χ0n) is 12.8. The SMILES string of the molecule is CCCCn1nc(-c2ccccc2)cc(C(C)(C)O)c1=O. The highest BCUT2D eigenvalue weighted by Crippen LogP contribution is 2.21. The molecule has 4 nitrogen and oxygen atoms in total. The minimum absolute atomic E-state index is 0.212. The molecule has 0 spiro atoms. The first-order valence-corrected chi connectivity index (χ1v) is 7.34. The van der Waals surface area contributed by atoms with Crippen LogP contribution < -0.4 is 5.56 Å². The van der Waals surface area contributed by atoms with Gasteiger partial charge in [-0.1, -0.05) is 43.7 Å². The predicted molar refractivity (Wildman–Crippen MR) is 84.1 cm³/mol. The van der Waals surface area contributed by atoms with Crippen LogP contribution in [-0.2, 0) is 12.1 Å². The number of hydrogen-bond donors (Lipinski definition) is 1. The van der Waals surface area contributed by atoms with Crippen LogP contribution in [0.25, 0.3) is 11.3 Å². The van der Waals surface area contributed by atoms with Crippen molar-refractivity contribution in [1.82, 2.24) is 9.78 Å². The van der Waals surface area contributed by atoms with Crippen molar-refractivity contribution in [1.29, 1.82) is 0 Å². The van der Waals surface area contributed by atoms with E-state index < -0.39 is 5.60 Å². The van der Waals surface area contributed by atoms with Crippen LogP contribution in [0.1, 0.15) is 39.2 Å². The van der Waals surface area contributed by atoms with Gasteiger partial charge in [0, 0.05) is 12.1 Å². The topological polar surface area (TPSA) is 55.1 Å². The van der Waals surface area contributed by atoms with Gasteiger partial charge in [0.15, 0.2) is 0 Å². The highest BCUT2D eigenvalue weighted by Gasteiger charge is 2.23. The van der Waals surface area contributed by atoms with Crippen LogP contribution in [0.15, 0.2) is 41.2 Å². The third kappa shape index (κ3) is 3.58. The molecule has 1 aromatic carbocycles. The van der Waals surface area contributed by atoms with Crippen LogP contribution >= 0.6 is 0 Å². The Kier molecular flexibility index (Phi) is 4.58. The summed E-state index contributed by atoms with van der Waals surface area (Å²) in [5, 5.41) is 14.7. The van der Waals surface area contributed by atoms with Crippen molar-refractivity contribution >= 4 is 0 Å². The molecule has 112 valence electrons.